The van der Waals surface area contributed by atoms with E-state index in [1.165, 1.54) is 7.11 Å². The van der Waals surface area contributed by atoms with E-state index in [9.17, 15) is 9.59 Å². The minimum atomic E-state index is -0.682. The first kappa shape index (κ1) is 14.5. The quantitative estimate of drug-likeness (QED) is 0.853. The molecule has 0 aliphatic carbocycles. The molecule has 18 heavy (non-hydrogen) atoms. The van der Waals surface area contributed by atoms with E-state index in [0.29, 0.717) is 10.6 Å². The van der Waals surface area contributed by atoms with E-state index >= 15 is 0 Å². The Balaban J connectivity index is 2.86. The lowest BCUT2D eigenvalue weighted by Gasteiger charge is -2.20. The second-order valence-corrected chi connectivity index (χ2v) is 4.61. The molecule has 0 radical (unpaired) electrons. The van der Waals surface area contributed by atoms with Crippen LogP contribution in [0, 0.1) is 5.92 Å². The summed E-state index contributed by atoms with van der Waals surface area (Å²) in [6.45, 7) is 3.66. The largest absolute Gasteiger partial charge is 0.467 e. The van der Waals surface area contributed by atoms with Gasteiger partial charge in [0.25, 0.3) is 5.91 Å². The first-order valence-electron chi connectivity index (χ1n) is 5.60. The fraction of sp³-hybridized carbons (Fsp3) is 0.385. The molecule has 0 aliphatic rings. The Morgan fingerprint density at radius 2 is 1.89 bits per heavy atom. The zero-order valence-corrected chi connectivity index (χ0v) is 11.3. The van der Waals surface area contributed by atoms with Crippen LogP contribution in [0.4, 0.5) is 0 Å². The zero-order chi connectivity index (χ0) is 13.7. The van der Waals surface area contributed by atoms with Crippen molar-refractivity contribution in [3.63, 3.8) is 0 Å². The van der Waals surface area contributed by atoms with Crippen molar-refractivity contribution in [3.05, 3.63) is 34.9 Å². The highest BCUT2D eigenvalue weighted by molar-refractivity contribution is 6.33. The maximum absolute atomic E-state index is 12.0. The third-order valence-corrected chi connectivity index (χ3v) is 2.86. The van der Waals surface area contributed by atoms with Gasteiger partial charge in [0.15, 0.2) is 0 Å². The summed E-state index contributed by atoms with van der Waals surface area (Å²) in [5, 5.41) is 2.98. The van der Waals surface area contributed by atoms with Gasteiger partial charge in [0, 0.05) is 0 Å². The lowest BCUT2D eigenvalue weighted by molar-refractivity contribution is -0.144. The van der Waals surface area contributed by atoms with Crippen molar-refractivity contribution in [3.8, 4) is 0 Å². The summed E-state index contributed by atoms with van der Waals surface area (Å²) in [7, 11) is 1.29. The molecule has 1 atom stereocenters. The Hall–Kier alpha value is -1.55. The van der Waals surface area contributed by atoms with E-state index in [2.05, 4.69) is 10.1 Å². The lowest BCUT2D eigenvalue weighted by Crippen LogP contribution is -2.45. The molecule has 1 aromatic rings. The number of nitrogens with one attached hydrogen (secondary N) is 1. The molecule has 0 fully saturated rings. The number of carbonyl (C=O) groups excluding carboxylic acids is 2. The third-order valence-electron chi connectivity index (χ3n) is 2.53. The van der Waals surface area contributed by atoms with Crippen molar-refractivity contribution in [1.29, 1.82) is 0 Å². The van der Waals surface area contributed by atoms with Gasteiger partial charge in [-0.1, -0.05) is 37.6 Å². The van der Waals surface area contributed by atoms with Gasteiger partial charge in [-0.05, 0) is 18.1 Å². The van der Waals surface area contributed by atoms with Gasteiger partial charge in [0.2, 0.25) is 0 Å². The summed E-state index contributed by atoms with van der Waals surface area (Å²) in [5.41, 5.74) is 0.341. The molecular weight excluding hydrogens is 254 g/mol. The minimum Gasteiger partial charge on any atom is -0.467 e. The molecule has 98 valence electrons. The predicted molar refractivity (Wildman–Crippen MR) is 69.6 cm³/mol. The first-order valence-corrected chi connectivity index (χ1v) is 5.98. The van der Waals surface area contributed by atoms with Crippen LogP contribution in [0.25, 0.3) is 0 Å². The summed E-state index contributed by atoms with van der Waals surface area (Å²) < 4.78 is 4.65. The topological polar surface area (TPSA) is 55.4 Å². The number of rotatable bonds is 4. The molecule has 0 saturated heterocycles. The molecule has 1 aromatic carbocycles. The SMILES string of the molecule is COC(=O)[C@@H](NC(=O)c1ccccc1Cl)C(C)C. The van der Waals surface area contributed by atoms with E-state index in [-0.39, 0.29) is 11.8 Å². The van der Waals surface area contributed by atoms with Gasteiger partial charge in [-0.25, -0.2) is 4.79 Å². The molecule has 5 heteroatoms. The summed E-state index contributed by atoms with van der Waals surface area (Å²) in [6, 6.07) is 5.99. The van der Waals surface area contributed by atoms with Crippen LogP contribution in [0.2, 0.25) is 5.02 Å². The van der Waals surface area contributed by atoms with Crippen LogP contribution < -0.4 is 5.32 Å². The number of halogens is 1. The fourth-order valence-corrected chi connectivity index (χ4v) is 1.71. The molecule has 4 nitrogen and oxygen atoms in total. The summed E-state index contributed by atoms with van der Waals surface area (Å²) in [4.78, 5) is 23.5. The summed E-state index contributed by atoms with van der Waals surface area (Å²) in [6.07, 6.45) is 0. The molecule has 0 saturated carbocycles. The van der Waals surface area contributed by atoms with Gasteiger partial charge >= 0.3 is 5.97 Å². The lowest BCUT2D eigenvalue weighted by atomic mass is 10.0. The normalized spacial score (nSPS) is 12.1. The number of methoxy groups -OCH3 is 1. The molecular formula is C13H16ClNO3. The molecule has 0 heterocycles. The van der Waals surface area contributed by atoms with Crippen LogP contribution in [-0.4, -0.2) is 25.0 Å². The van der Waals surface area contributed by atoms with E-state index < -0.39 is 12.0 Å². The van der Waals surface area contributed by atoms with Gasteiger partial charge in [0.1, 0.15) is 6.04 Å². The smallest absolute Gasteiger partial charge is 0.328 e. The Morgan fingerprint density at radius 3 is 2.39 bits per heavy atom. The molecule has 0 spiro atoms. The third kappa shape index (κ3) is 3.47. The van der Waals surface area contributed by atoms with Gasteiger partial charge in [0.05, 0.1) is 17.7 Å². The average Bonchev–Trinajstić information content (AvgIpc) is 2.35. The molecule has 0 bridgehead atoms. The molecule has 0 aliphatic heterocycles. The van der Waals surface area contributed by atoms with E-state index in [0.717, 1.165) is 0 Å². The number of benzene rings is 1. The maximum Gasteiger partial charge on any atom is 0.328 e. The van der Waals surface area contributed by atoms with Crippen molar-refractivity contribution >= 4 is 23.5 Å². The molecule has 0 aromatic heterocycles. The Kier molecular flexibility index (Phi) is 5.16. The van der Waals surface area contributed by atoms with Crippen LogP contribution in [0.1, 0.15) is 24.2 Å². The fourth-order valence-electron chi connectivity index (χ4n) is 1.49. The predicted octanol–water partition coefficient (Wildman–Crippen LogP) is 2.27. The van der Waals surface area contributed by atoms with E-state index in [1.807, 2.05) is 13.8 Å². The second kappa shape index (κ2) is 6.40. The van der Waals surface area contributed by atoms with Crippen molar-refractivity contribution in [2.45, 2.75) is 19.9 Å². The van der Waals surface area contributed by atoms with Gasteiger partial charge in [-0.3, -0.25) is 4.79 Å². The molecule has 1 N–H and O–H groups in total. The summed E-state index contributed by atoms with van der Waals surface area (Å²) >= 11 is 5.92. The van der Waals surface area contributed by atoms with Crippen LogP contribution in [0.3, 0.4) is 0 Å². The Morgan fingerprint density at radius 1 is 1.28 bits per heavy atom. The zero-order valence-electron chi connectivity index (χ0n) is 10.6. The standard InChI is InChI=1S/C13H16ClNO3/c1-8(2)11(13(17)18-3)15-12(16)9-6-4-5-7-10(9)14/h4-8,11H,1-3H3,(H,15,16)/t11-/m0/s1. The number of ether oxygens (including phenoxy) is 1. The molecule has 1 rings (SSSR count). The Labute approximate surface area is 111 Å². The van der Waals surface area contributed by atoms with Crippen LogP contribution in [0.15, 0.2) is 24.3 Å². The first-order chi connectivity index (χ1) is 8.47. The van der Waals surface area contributed by atoms with Crippen molar-refractivity contribution in [1.82, 2.24) is 5.32 Å². The van der Waals surface area contributed by atoms with Crippen LogP contribution in [-0.2, 0) is 9.53 Å². The minimum absolute atomic E-state index is 0.0658. The van der Waals surface area contributed by atoms with Crippen molar-refractivity contribution in [2.24, 2.45) is 5.92 Å². The summed E-state index contributed by atoms with van der Waals surface area (Å²) in [5.74, 6) is -0.918. The highest BCUT2D eigenvalue weighted by atomic mass is 35.5. The second-order valence-electron chi connectivity index (χ2n) is 4.20. The number of carbonyl (C=O) groups is 2. The maximum atomic E-state index is 12.0. The molecule has 1 amide bonds. The van der Waals surface area contributed by atoms with Gasteiger partial charge in [-0.15, -0.1) is 0 Å². The molecule has 0 unspecified atom stereocenters. The van der Waals surface area contributed by atoms with Crippen LogP contribution >= 0.6 is 11.6 Å². The van der Waals surface area contributed by atoms with Gasteiger partial charge in [-0.2, -0.15) is 0 Å². The number of hydrogen-bond acceptors (Lipinski definition) is 3. The van der Waals surface area contributed by atoms with Gasteiger partial charge < -0.3 is 10.1 Å². The van der Waals surface area contributed by atoms with E-state index in [4.69, 9.17) is 11.6 Å². The Bertz CT molecular complexity index is 446. The monoisotopic (exact) mass is 269 g/mol. The van der Waals surface area contributed by atoms with Crippen LogP contribution in [0.5, 0.6) is 0 Å². The highest BCUT2D eigenvalue weighted by Crippen LogP contribution is 2.15. The number of hydrogen-bond donors (Lipinski definition) is 1. The van der Waals surface area contributed by atoms with Crippen molar-refractivity contribution in [2.75, 3.05) is 7.11 Å². The average molecular weight is 270 g/mol. The van der Waals surface area contributed by atoms with Crippen molar-refractivity contribution < 1.29 is 14.3 Å². The number of amides is 1. The number of esters is 1. The van der Waals surface area contributed by atoms with E-state index in [1.54, 1.807) is 24.3 Å². The highest BCUT2D eigenvalue weighted by Gasteiger charge is 2.25.